The number of ether oxygens (including phenoxy) is 1. The van der Waals surface area contributed by atoms with Gasteiger partial charge in [0.05, 0.1) is 6.20 Å². The average molecular weight is 343 g/mol. The predicted octanol–water partition coefficient (Wildman–Crippen LogP) is 2.06. The molecule has 0 aliphatic heterocycles. The number of nitrogens with zero attached hydrogens (tertiary/aromatic N) is 5. The van der Waals surface area contributed by atoms with Crippen molar-refractivity contribution in [3.05, 3.63) is 66.0 Å². The summed E-state index contributed by atoms with van der Waals surface area (Å²) in [5.74, 6) is 0.0128. The summed E-state index contributed by atoms with van der Waals surface area (Å²) in [5, 5.41) is 8.30. The summed E-state index contributed by atoms with van der Waals surface area (Å²) >= 11 is 0. The van der Waals surface area contributed by atoms with Gasteiger partial charge in [-0.1, -0.05) is 0 Å². The Labute approximate surface area is 144 Å². The van der Waals surface area contributed by atoms with Gasteiger partial charge < -0.3 is 9.64 Å². The van der Waals surface area contributed by atoms with Crippen LogP contribution in [-0.2, 0) is 20.3 Å². The monoisotopic (exact) mass is 343 g/mol. The second-order valence-electron chi connectivity index (χ2n) is 5.65. The molecule has 0 spiro atoms. The SMILES string of the molecule is CN(Cc1cnn(C)c1)C(=O)c1ccn(COc2ccc(F)cc2)n1. The van der Waals surface area contributed by atoms with Crippen molar-refractivity contribution in [1.82, 2.24) is 24.5 Å². The molecule has 0 atom stereocenters. The molecule has 3 aromatic rings. The number of hydrogen-bond donors (Lipinski definition) is 0. The van der Waals surface area contributed by atoms with Crippen LogP contribution in [0.2, 0.25) is 0 Å². The Morgan fingerprint density at radius 1 is 1.28 bits per heavy atom. The van der Waals surface area contributed by atoms with Crippen LogP contribution in [0.3, 0.4) is 0 Å². The summed E-state index contributed by atoms with van der Waals surface area (Å²) in [5.41, 5.74) is 1.27. The minimum absolute atomic E-state index is 0.130. The van der Waals surface area contributed by atoms with Gasteiger partial charge in [-0.2, -0.15) is 10.2 Å². The molecule has 0 unspecified atom stereocenters. The molecule has 2 heterocycles. The van der Waals surface area contributed by atoms with E-state index in [-0.39, 0.29) is 18.5 Å². The maximum Gasteiger partial charge on any atom is 0.274 e. The fourth-order valence-electron chi connectivity index (χ4n) is 2.31. The zero-order chi connectivity index (χ0) is 17.8. The largest absolute Gasteiger partial charge is 0.471 e. The Morgan fingerprint density at radius 3 is 2.72 bits per heavy atom. The van der Waals surface area contributed by atoms with Gasteiger partial charge in [0.25, 0.3) is 5.91 Å². The Bertz CT molecular complexity index is 856. The van der Waals surface area contributed by atoms with Crippen molar-refractivity contribution in [2.45, 2.75) is 13.3 Å². The van der Waals surface area contributed by atoms with Crippen molar-refractivity contribution in [2.24, 2.45) is 7.05 Å². The smallest absolute Gasteiger partial charge is 0.274 e. The molecular weight excluding hydrogens is 325 g/mol. The molecule has 25 heavy (non-hydrogen) atoms. The molecule has 1 amide bonds. The minimum Gasteiger partial charge on any atom is -0.471 e. The molecule has 0 N–H and O–H groups in total. The highest BCUT2D eigenvalue weighted by Crippen LogP contribution is 2.12. The van der Waals surface area contributed by atoms with E-state index in [1.807, 2.05) is 13.2 Å². The van der Waals surface area contributed by atoms with E-state index in [0.29, 0.717) is 18.0 Å². The molecule has 8 heteroatoms. The zero-order valence-electron chi connectivity index (χ0n) is 14.0. The van der Waals surface area contributed by atoms with Crippen LogP contribution in [0, 0.1) is 5.82 Å². The van der Waals surface area contributed by atoms with Crippen LogP contribution in [0.5, 0.6) is 5.75 Å². The summed E-state index contributed by atoms with van der Waals surface area (Å²) in [6, 6.07) is 7.34. The van der Waals surface area contributed by atoms with Crippen LogP contribution in [-0.4, -0.2) is 37.4 Å². The number of rotatable bonds is 6. The second kappa shape index (κ2) is 7.16. The van der Waals surface area contributed by atoms with E-state index < -0.39 is 0 Å². The van der Waals surface area contributed by atoms with E-state index in [0.717, 1.165) is 5.56 Å². The standard InChI is InChI=1S/C17H18FN5O2/c1-21(10-13-9-19-22(2)11-13)17(24)16-7-8-23(20-16)12-25-15-5-3-14(18)4-6-15/h3-9,11H,10,12H2,1-2H3. The summed E-state index contributed by atoms with van der Waals surface area (Å²) in [6.07, 6.45) is 5.24. The first-order valence-electron chi connectivity index (χ1n) is 7.66. The Kier molecular flexibility index (Phi) is 4.78. The lowest BCUT2D eigenvalue weighted by molar-refractivity contribution is 0.0777. The fourth-order valence-corrected chi connectivity index (χ4v) is 2.31. The van der Waals surface area contributed by atoms with Crippen LogP contribution in [0.15, 0.2) is 48.9 Å². The third kappa shape index (κ3) is 4.23. The zero-order valence-corrected chi connectivity index (χ0v) is 14.0. The normalized spacial score (nSPS) is 10.7. The van der Waals surface area contributed by atoms with Crippen LogP contribution in [0.1, 0.15) is 16.1 Å². The first-order valence-corrected chi connectivity index (χ1v) is 7.66. The summed E-state index contributed by atoms with van der Waals surface area (Å²) in [7, 11) is 3.54. The molecule has 7 nitrogen and oxygen atoms in total. The van der Waals surface area contributed by atoms with E-state index in [1.54, 1.807) is 35.1 Å². The van der Waals surface area contributed by atoms with Gasteiger partial charge in [-0.05, 0) is 30.3 Å². The highest BCUT2D eigenvalue weighted by molar-refractivity contribution is 5.91. The van der Waals surface area contributed by atoms with E-state index in [2.05, 4.69) is 10.2 Å². The van der Waals surface area contributed by atoms with E-state index in [9.17, 15) is 9.18 Å². The lowest BCUT2D eigenvalue weighted by Gasteiger charge is -2.14. The number of amides is 1. The van der Waals surface area contributed by atoms with E-state index in [4.69, 9.17) is 4.74 Å². The second-order valence-corrected chi connectivity index (χ2v) is 5.65. The maximum atomic E-state index is 12.9. The van der Waals surface area contributed by atoms with E-state index >= 15 is 0 Å². The van der Waals surface area contributed by atoms with Gasteiger partial charge in [0.2, 0.25) is 0 Å². The summed E-state index contributed by atoms with van der Waals surface area (Å²) < 4.78 is 21.5. The number of hydrogen-bond acceptors (Lipinski definition) is 4. The molecule has 3 rings (SSSR count). The highest BCUT2D eigenvalue weighted by Gasteiger charge is 2.15. The number of halogens is 1. The van der Waals surface area contributed by atoms with Gasteiger partial charge in [0.15, 0.2) is 12.4 Å². The highest BCUT2D eigenvalue weighted by atomic mass is 19.1. The van der Waals surface area contributed by atoms with Crippen LogP contribution >= 0.6 is 0 Å². The Balaban J connectivity index is 1.58. The molecule has 1 aromatic carbocycles. The van der Waals surface area contributed by atoms with E-state index in [1.165, 1.54) is 28.9 Å². The summed E-state index contributed by atoms with van der Waals surface area (Å²) in [6.45, 7) is 0.580. The molecule has 0 fully saturated rings. The first-order chi connectivity index (χ1) is 12.0. The number of aryl methyl sites for hydroxylation is 1. The van der Waals surface area contributed by atoms with Gasteiger partial charge >= 0.3 is 0 Å². The van der Waals surface area contributed by atoms with Gasteiger partial charge in [0, 0.05) is 38.6 Å². The van der Waals surface area contributed by atoms with Crippen molar-refractivity contribution in [1.29, 1.82) is 0 Å². The molecule has 0 radical (unpaired) electrons. The van der Waals surface area contributed by atoms with Crippen molar-refractivity contribution in [3.63, 3.8) is 0 Å². The van der Waals surface area contributed by atoms with Crippen LogP contribution < -0.4 is 4.74 Å². The van der Waals surface area contributed by atoms with Crippen molar-refractivity contribution < 1.29 is 13.9 Å². The third-order valence-electron chi connectivity index (χ3n) is 3.56. The van der Waals surface area contributed by atoms with Crippen LogP contribution in [0.25, 0.3) is 0 Å². The molecule has 0 aliphatic rings. The maximum absolute atomic E-state index is 12.9. The molecule has 0 saturated carbocycles. The quantitative estimate of drug-likeness (QED) is 0.687. The van der Waals surface area contributed by atoms with Gasteiger partial charge in [-0.25, -0.2) is 9.07 Å². The molecule has 0 saturated heterocycles. The molecule has 2 aromatic heterocycles. The molecular formula is C17H18FN5O2. The molecule has 0 aliphatic carbocycles. The van der Waals surface area contributed by atoms with Crippen molar-refractivity contribution in [3.8, 4) is 5.75 Å². The average Bonchev–Trinajstić information content (AvgIpc) is 3.23. The summed E-state index contributed by atoms with van der Waals surface area (Å²) in [4.78, 5) is 14.0. The van der Waals surface area contributed by atoms with Crippen molar-refractivity contribution >= 4 is 5.91 Å². The first kappa shape index (κ1) is 16.7. The molecule has 130 valence electrons. The van der Waals surface area contributed by atoms with Gasteiger partial charge in [-0.15, -0.1) is 0 Å². The number of carbonyl (C=O) groups is 1. The molecule has 0 bridgehead atoms. The number of aromatic nitrogens is 4. The van der Waals surface area contributed by atoms with Crippen LogP contribution in [0.4, 0.5) is 4.39 Å². The van der Waals surface area contributed by atoms with Crippen molar-refractivity contribution in [2.75, 3.05) is 7.05 Å². The van der Waals surface area contributed by atoms with Gasteiger partial charge in [0.1, 0.15) is 11.6 Å². The Hall–Kier alpha value is -3.16. The lowest BCUT2D eigenvalue weighted by atomic mass is 10.3. The van der Waals surface area contributed by atoms with Gasteiger partial charge in [-0.3, -0.25) is 9.48 Å². The number of carbonyl (C=O) groups excluding carboxylic acids is 1. The predicted molar refractivity (Wildman–Crippen MR) is 88.3 cm³/mol. The topological polar surface area (TPSA) is 65.2 Å². The minimum atomic E-state index is -0.323. The fraction of sp³-hybridized carbons (Fsp3) is 0.235. The Morgan fingerprint density at radius 2 is 2.04 bits per heavy atom. The third-order valence-corrected chi connectivity index (χ3v) is 3.56. The lowest BCUT2D eigenvalue weighted by Crippen LogP contribution is -2.26. The number of benzene rings is 1.